The second kappa shape index (κ2) is 9.36. The number of ether oxygens (including phenoxy) is 1. The van der Waals surface area contributed by atoms with E-state index in [1.807, 2.05) is 0 Å². The molecule has 1 saturated carbocycles. The molecule has 3 rings (SSSR count). The van der Waals surface area contributed by atoms with E-state index in [0.717, 1.165) is 50.4 Å². The Balaban J connectivity index is 1.31. The van der Waals surface area contributed by atoms with Crippen LogP contribution in [0.5, 0.6) is 5.75 Å². The van der Waals surface area contributed by atoms with Crippen LogP contribution < -0.4 is 10.1 Å². The van der Waals surface area contributed by atoms with Crippen molar-refractivity contribution in [3.63, 3.8) is 0 Å². The molecule has 2 aliphatic rings. The summed E-state index contributed by atoms with van der Waals surface area (Å²) in [5.74, 6) is 1.44. The fourth-order valence-electron chi connectivity index (χ4n) is 4.20. The number of benzene rings is 1. The van der Waals surface area contributed by atoms with Crippen LogP contribution in [0.1, 0.15) is 51.9 Å². The molecule has 1 aromatic carbocycles. The SMILES string of the molecule is CC(=O)N[C@H]1CC[C@H](CCN2CCC(Oc3ccc(F)cc3)CC2)CC1. The van der Waals surface area contributed by atoms with Gasteiger partial charge in [0.15, 0.2) is 0 Å². The van der Waals surface area contributed by atoms with Gasteiger partial charge in [0, 0.05) is 26.1 Å². The summed E-state index contributed by atoms with van der Waals surface area (Å²) in [5, 5.41) is 3.05. The van der Waals surface area contributed by atoms with Gasteiger partial charge in [-0.1, -0.05) is 0 Å². The molecule has 4 nitrogen and oxygen atoms in total. The highest BCUT2D eigenvalue weighted by atomic mass is 19.1. The second-order valence-electron chi connectivity index (χ2n) is 7.82. The van der Waals surface area contributed by atoms with Crippen molar-refractivity contribution in [3.8, 4) is 5.75 Å². The van der Waals surface area contributed by atoms with Crippen LogP contribution in [0.3, 0.4) is 0 Å². The molecule has 1 aliphatic carbocycles. The van der Waals surface area contributed by atoms with Gasteiger partial charge in [0.25, 0.3) is 0 Å². The standard InChI is InChI=1S/C21H31FN2O2/c1-16(25)23-19-6-2-17(3-7-19)10-13-24-14-11-21(12-15-24)26-20-8-4-18(22)5-9-20/h4-5,8-9,17,19,21H,2-3,6-7,10-15H2,1H3,(H,23,25)/t17-,19-. The van der Waals surface area contributed by atoms with Crippen LogP contribution in [-0.2, 0) is 4.79 Å². The molecule has 26 heavy (non-hydrogen) atoms. The number of amides is 1. The van der Waals surface area contributed by atoms with Gasteiger partial charge in [-0.15, -0.1) is 0 Å². The Kier molecular flexibility index (Phi) is 6.89. The molecule has 1 N–H and O–H groups in total. The van der Waals surface area contributed by atoms with Crippen LogP contribution in [0.4, 0.5) is 4.39 Å². The van der Waals surface area contributed by atoms with E-state index in [1.165, 1.54) is 37.9 Å². The van der Waals surface area contributed by atoms with Crippen molar-refractivity contribution in [1.82, 2.24) is 10.2 Å². The summed E-state index contributed by atoms with van der Waals surface area (Å²) in [6, 6.07) is 6.71. The van der Waals surface area contributed by atoms with Gasteiger partial charge in [0.1, 0.15) is 17.7 Å². The number of rotatable bonds is 6. The lowest BCUT2D eigenvalue weighted by molar-refractivity contribution is -0.119. The molecule has 1 aliphatic heterocycles. The fraction of sp³-hybridized carbons (Fsp3) is 0.667. The van der Waals surface area contributed by atoms with E-state index in [1.54, 1.807) is 19.1 Å². The molecule has 1 amide bonds. The molecule has 5 heteroatoms. The molecule has 0 bridgehead atoms. The van der Waals surface area contributed by atoms with E-state index < -0.39 is 0 Å². The maximum atomic E-state index is 13.0. The van der Waals surface area contributed by atoms with Crippen LogP contribution in [0.2, 0.25) is 0 Å². The van der Waals surface area contributed by atoms with Crippen molar-refractivity contribution in [2.45, 2.75) is 64.0 Å². The minimum atomic E-state index is -0.224. The van der Waals surface area contributed by atoms with Gasteiger partial charge in [-0.2, -0.15) is 0 Å². The molecule has 1 saturated heterocycles. The van der Waals surface area contributed by atoms with Crippen molar-refractivity contribution in [2.24, 2.45) is 5.92 Å². The Labute approximate surface area is 156 Å². The Morgan fingerprint density at radius 1 is 1.12 bits per heavy atom. The monoisotopic (exact) mass is 362 g/mol. The minimum absolute atomic E-state index is 0.0965. The molecule has 0 radical (unpaired) electrons. The molecule has 0 aromatic heterocycles. The van der Waals surface area contributed by atoms with Crippen molar-refractivity contribution in [1.29, 1.82) is 0 Å². The molecule has 2 fully saturated rings. The molecular weight excluding hydrogens is 331 g/mol. The van der Waals surface area contributed by atoms with Gasteiger partial charge in [-0.25, -0.2) is 4.39 Å². The lowest BCUT2D eigenvalue weighted by Gasteiger charge is -2.34. The summed E-state index contributed by atoms with van der Waals surface area (Å²) in [4.78, 5) is 13.7. The highest BCUT2D eigenvalue weighted by Gasteiger charge is 2.24. The van der Waals surface area contributed by atoms with Crippen LogP contribution >= 0.6 is 0 Å². The number of likely N-dealkylation sites (tertiary alicyclic amines) is 1. The molecule has 1 heterocycles. The summed E-state index contributed by atoms with van der Waals surface area (Å²) < 4.78 is 18.9. The third-order valence-corrected chi connectivity index (χ3v) is 5.76. The van der Waals surface area contributed by atoms with E-state index in [0.29, 0.717) is 6.04 Å². The predicted octanol–water partition coefficient (Wildman–Crippen LogP) is 3.75. The van der Waals surface area contributed by atoms with Gasteiger partial charge < -0.3 is 15.0 Å². The van der Waals surface area contributed by atoms with Crippen molar-refractivity contribution < 1.29 is 13.9 Å². The van der Waals surface area contributed by atoms with E-state index in [-0.39, 0.29) is 17.8 Å². The van der Waals surface area contributed by atoms with Crippen LogP contribution in [0.15, 0.2) is 24.3 Å². The lowest BCUT2D eigenvalue weighted by atomic mass is 9.84. The average molecular weight is 362 g/mol. The fourth-order valence-corrected chi connectivity index (χ4v) is 4.20. The maximum absolute atomic E-state index is 13.0. The molecule has 0 unspecified atom stereocenters. The lowest BCUT2D eigenvalue weighted by Crippen LogP contribution is -2.40. The van der Waals surface area contributed by atoms with Crippen molar-refractivity contribution in [2.75, 3.05) is 19.6 Å². The van der Waals surface area contributed by atoms with Crippen LogP contribution in [-0.4, -0.2) is 42.6 Å². The number of carbonyl (C=O) groups is 1. The average Bonchev–Trinajstić information content (AvgIpc) is 2.64. The van der Waals surface area contributed by atoms with Gasteiger partial charge in [0.05, 0.1) is 0 Å². The second-order valence-corrected chi connectivity index (χ2v) is 7.82. The largest absolute Gasteiger partial charge is 0.490 e. The normalized spacial score (nSPS) is 25.0. The zero-order chi connectivity index (χ0) is 18.4. The van der Waals surface area contributed by atoms with Gasteiger partial charge in [-0.05, 0) is 81.7 Å². The van der Waals surface area contributed by atoms with Crippen molar-refractivity contribution in [3.05, 3.63) is 30.1 Å². The highest BCUT2D eigenvalue weighted by molar-refractivity contribution is 5.73. The highest BCUT2D eigenvalue weighted by Crippen LogP contribution is 2.28. The quantitative estimate of drug-likeness (QED) is 0.838. The Hall–Kier alpha value is -1.62. The number of hydrogen-bond acceptors (Lipinski definition) is 3. The summed E-state index contributed by atoms with van der Waals surface area (Å²) in [6.45, 7) is 4.93. The van der Waals surface area contributed by atoms with Gasteiger partial charge >= 0.3 is 0 Å². The molecule has 1 aromatic rings. The van der Waals surface area contributed by atoms with Crippen molar-refractivity contribution >= 4 is 5.91 Å². The number of nitrogens with one attached hydrogen (secondary N) is 1. The number of nitrogens with zero attached hydrogens (tertiary/aromatic N) is 1. The number of halogens is 1. The Morgan fingerprint density at radius 3 is 2.38 bits per heavy atom. The first-order chi connectivity index (χ1) is 12.6. The first kappa shape index (κ1) is 19.2. The summed E-state index contributed by atoms with van der Waals surface area (Å²) >= 11 is 0. The first-order valence-electron chi connectivity index (χ1n) is 10.00. The Bertz CT molecular complexity index is 562. The number of piperidine rings is 1. The summed E-state index contributed by atoms with van der Waals surface area (Å²) in [7, 11) is 0. The smallest absolute Gasteiger partial charge is 0.217 e. The third-order valence-electron chi connectivity index (χ3n) is 5.76. The third kappa shape index (κ3) is 5.97. The first-order valence-corrected chi connectivity index (χ1v) is 10.00. The van der Waals surface area contributed by atoms with E-state index in [9.17, 15) is 9.18 Å². The summed E-state index contributed by atoms with van der Waals surface area (Å²) in [5.41, 5.74) is 0. The van der Waals surface area contributed by atoms with E-state index in [2.05, 4.69) is 10.2 Å². The zero-order valence-electron chi connectivity index (χ0n) is 15.8. The minimum Gasteiger partial charge on any atom is -0.490 e. The van der Waals surface area contributed by atoms with Crippen LogP contribution in [0.25, 0.3) is 0 Å². The molecule has 0 spiro atoms. The van der Waals surface area contributed by atoms with Gasteiger partial charge in [0.2, 0.25) is 5.91 Å². The topological polar surface area (TPSA) is 41.6 Å². The molecular formula is C21H31FN2O2. The zero-order valence-corrected chi connectivity index (χ0v) is 15.8. The van der Waals surface area contributed by atoms with Crippen LogP contribution in [0, 0.1) is 11.7 Å². The Morgan fingerprint density at radius 2 is 1.77 bits per heavy atom. The number of hydrogen-bond donors (Lipinski definition) is 1. The van der Waals surface area contributed by atoms with E-state index >= 15 is 0 Å². The van der Waals surface area contributed by atoms with Gasteiger partial charge in [-0.3, -0.25) is 4.79 Å². The van der Waals surface area contributed by atoms with E-state index in [4.69, 9.17) is 4.74 Å². The number of carbonyl (C=O) groups excluding carboxylic acids is 1. The molecule has 0 atom stereocenters. The summed E-state index contributed by atoms with van der Waals surface area (Å²) in [6.07, 6.45) is 8.28. The maximum Gasteiger partial charge on any atom is 0.217 e. The molecule has 144 valence electrons. The predicted molar refractivity (Wildman–Crippen MR) is 101 cm³/mol.